The second-order valence-electron chi connectivity index (χ2n) is 7.24. The Bertz CT molecular complexity index is 1100. The van der Waals surface area contributed by atoms with Gasteiger partial charge in [0.05, 0.1) is 12.9 Å². The van der Waals surface area contributed by atoms with Crippen LogP contribution in [0.5, 0.6) is 11.5 Å². The molecule has 3 rings (SSSR count). The van der Waals surface area contributed by atoms with E-state index in [0.29, 0.717) is 29.0 Å². The van der Waals surface area contributed by atoms with Crippen LogP contribution in [-0.4, -0.2) is 33.5 Å². The molecule has 0 saturated carbocycles. The van der Waals surface area contributed by atoms with E-state index in [1.807, 2.05) is 67.8 Å². The quantitative estimate of drug-likeness (QED) is 0.346. The van der Waals surface area contributed by atoms with E-state index in [4.69, 9.17) is 9.47 Å². The molecule has 0 aliphatic rings. The van der Waals surface area contributed by atoms with Crippen LogP contribution in [0.15, 0.2) is 60.3 Å². The molecule has 0 radical (unpaired) electrons. The molecule has 0 bridgehead atoms. The number of methoxy groups -OCH3 is 1. The lowest BCUT2D eigenvalue weighted by molar-refractivity contribution is -0.113. The number of nitrogens with one attached hydrogen (secondary N) is 1. The number of nitrogens with zero attached hydrogens (tertiary/aromatic N) is 3. The Balaban J connectivity index is 1.70. The number of para-hydroxylation sites is 2. The Morgan fingerprint density at radius 3 is 2.66 bits per heavy atom. The van der Waals surface area contributed by atoms with Gasteiger partial charge in [-0.05, 0) is 50.1 Å². The van der Waals surface area contributed by atoms with Crippen molar-refractivity contribution >= 4 is 23.4 Å². The van der Waals surface area contributed by atoms with Gasteiger partial charge in [-0.3, -0.25) is 9.36 Å². The summed E-state index contributed by atoms with van der Waals surface area (Å²) in [5.41, 5.74) is 3.02. The summed E-state index contributed by atoms with van der Waals surface area (Å²) in [5, 5.41) is 12.2. The number of rotatable bonds is 10. The molecule has 32 heavy (non-hydrogen) atoms. The minimum atomic E-state index is -0.378. The summed E-state index contributed by atoms with van der Waals surface area (Å²) < 4.78 is 13.3. The SMILES string of the molecule is C=CCn1c(SCC(=O)Nc2cccc(C)c2C)nnc1C(C)Oc1ccccc1OC. The van der Waals surface area contributed by atoms with E-state index >= 15 is 0 Å². The van der Waals surface area contributed by atoms with Gasteiger partial charge in [-0.1, -0.05) is 42.1 Å². The van der Waals surface area contributed by atoms with E-state index in [9.17, 15) is 4.79 Å². The van der Waals surface area contributed by atoms with Crippen molar-refractivity contribution in [3.8, 4) is 11.5 Å². The predicted octanol–water partition coefficient (Wildman–Crippen LogP) is 4.96. The molecule has 168 valence electrons. The summed E-state index contributed by atoms with van der Waals surface area (Å²) in [6.45, 7) is 10.3. The number of hydrogen-bond acceptors (Lipinski definition) is 6. The molecule has 2 aromatic carbocycles. The molecule has 1 heterocycles. The number of aryl methyl sites for hydroxylation is 1. The van der Waals surface area contributed by atoms with Crippen LogP contribution in [0.2, 0.25) is 0 Å². The van der Waals surface area contributed by atoms with Crippen LogP contribution < -0.4 is 14.8 Å². The number of carbonyl (C=O) groups excluding carboxylic acids is 1. The van der Waals surface area contributed by atoms with Crippen molar-refractivity contribution in [1.82, 2.24) is 14.8 Å². The molecule has 1 aromatic heterocycles. The maximum absolute atomic E-state index is 12.5. The average Bonchev–Trinajstić information content (AvgIpc) is 3.19. The summed E-state index contributed by atoms with van der Waals surface area (Å²) in [7, 11) is 1.60. The molecule has 1 unspecified atom stereocenters. The Hall–Kier alpha value is -3.26. The molecule has 3 aromatic rings. The van der Waals surface area contributed by atoms with E-state index < -0.39 is 0 Å². The van der Waals surface area contributed by atoms with Crippen LogP contribution in [0.25, 0.3) is 0 Å². The average molecular weight is 453 g/mol. The third kappa shape index (κ3) is 5.50. The maximum Gasteiger partial charge on any atom is 0.234 e. The van der Waals surface area contributed by atoms with Crippen LogP contribution in [0.1, 0.15) is 30.0 Å². The third-order valence-electron chi connectivity index (χ3n) is 5.00. The van der Waals surface area contributed by atoms with Gasteiger partial charge in [0.1, 0.15) is 0 Å². The number of allylic oxidation sites excluding steroid dienone is 1. The number of carbonyl (C=O) groups is 1. The number of ether oxygens (including phenoxy) is 2. The number of hydrogen-bond donors (Lipinski definition) is 1. The van der Waals surface area contributed by atoms with Crippen molar-refractivity contribution in [3.63, 3.8) is 0 Å². The highest BCUT2D eigenvalue weighted by Crippen LogP contribution is 2.31. The topological polar surface area (TPSA) is 78.3 Å². The molecule has 1 atom stereocenters. The second kappa shape index (κ2) is 10.9. The van der Waals surface area contributed by atoms with Crippen LogP contribution in [0, 0.1) is 13.8 Å². The van der Waals surface area contributed by atoms with Crippen molar-refractivity contribution in [2.45, 2.75) is 38.6 Å². The first-order valence-corrected chi connectivity index (χ1v) is 11.3. The van der Waals surface area contributed by atoms with Crippen LogP contribution in [0.4, 0.5) is 5.69 Å². The zero-order valence-electron chi connectivity index (χ0n) is 18.8. The zero-order valence-corrected chi connectivity index (χ0v) is 19.6. The molecule has 1 amide bonds. The van der Waals surface area contributed by atoms with E-state index in [0.717, 1.165) is 16.8 Å². The van der Waals surface area contributed by atoms with Gasteiger partial charge in [0.25, 0.3) is 0 Å². The number of amides is 1. The summed E-state index contributed by atoms with van der Waals surface area (Å²) in [4.78, 5) is 12.5. The standard InChI is InChI=1S/C24H28N4O3S/c1-6-14-28-23(18(4)31-21-13-8-7-12-20(21)30-5)26-27-24(28)32-15-22(29)25-19-11-9-10-16(2)17(19)3/h6-13,18H,1,14-15H2,2-5H3,(H,25,29). The molecule has 7 nitrogen and oxygen atoms in total. The van der Waals surface area contributed by atoms with Crippen LogP contribution in [0.3, 0.4) is 0 Å². The van der Waals surface area contributed by atoms with Gasteiger partial charge >= 0.3 is 0 Å². The van der Waals surface area contributed by atoms with Crippen molar-refractivity contribution in [2.24, 2.45) is 0 Å². The Kier molecular flexibility index (Phi) is 7.94. The Morgan fingerprint density at radius 1 is 1.19 bits per heavy atom. The van der Waals surface area contributed by atoms with Crippen molar-refractivity contribution in [3.05, 3.63) is 72.1 Å². The summed E-state index contributed by atoms with van der Waals surface area (Å²) in [6.07, 6.45) is 1.39. The van der Waals surface area contributed by atoms with E-state index in [-0.39, 0.29) is 17.8 Å². The van der Waals surface area contributed by atoms with Gasteiger partial charge in [0.2, 0.25) is 5.91 Å². The lowest BCUT2D eigenvalue weighted by Gasteiger charge is -2.17. The highest BCUT2D eigenvalue weighted by Gasteiger charge is 2.21. The molecule has 8 heteroatoms. The lowest BCUT2D eigenvalue weighted by atomic mass is 10.1. The monoisotopic (exact) mass is 452 g/mol. The number of anilines is 1. The number of aromatic nitrogens is 3. The van der Waals surface area contributed by atoms with E-state index in [1.54, 1.807) is 13.2 Å². The fourth-order valence-corrected chi connectivity index (χ4v) is 3.93. The summed E-state index contributed by atoms with van der Waals surface area (Å²) >= 11 is 1.33. The normalized spacial score (nSPS) is 11.6. The smallest absolute Gasteiger partial charge is 0.234 e. The predicted molar refractivity (Wildman–Crippen MR) is 128 cm³/mol. The molecule has 0 saturated heterocycles. The second-order valence-corrected chi connectivity index (χ2v) is 8.18. The highest BCUT2D eigenvalue weighted by molar-refractivity contribution is 7.99. The molecule has 0 fully saturated rings. The Morgan fingerprint density at radius 2 is 1.94 bits per heavy atom. The highest BCUT2D eigenvalue weighted by atomic mass is 32.2. The zero-order chi connectivity index (χ0) is 23.1. The Labute approximate surface area is 192 Å². The van der Waals surface area contributed by atoms with Crippen molar-refractivity contribution in [2.75, 3.05) is 18.2 Å². The van der Waals surface area contributed by atoms with Gasteiger partial charge in [-0.15, -0.1) is 16.8 Å². The number of benzene rings is 2. The van der Waals surface area contributed by atoms with E-state index in [2.05, 4.69) is 22.1 Å². The summed E-state index contributed by atoms with van der Waals surface area (Å²) in [6, 6.07) is 13.3. The molecule has 1 N–H and O–H groups in total. The van der Waals surface area contributed by atoms with E-state index in [1.165, 1.54) is 11.8 Å². The molecule has 0 aliphatic carbocycles. The first-order valence-electron chi connectivity index (χ1n) is 10.3. The first kappa shape index (κ1) is 23.4. The van der Waals surface area contributed by atoms with Gasteiger partial charge < -0.3 is 14.8 Å². The van der Waals surface area contributed by atoms with Gasteiger partial charge in [-0.2, -0.15) is 0 Å². The fourth-order valence-electron chi connectivity index (χ4n) is 3.17. The van der Waals surface area contributed by atoms with Gasteiger partial charge in [0, 0.05) is 12.2 Å². The summed E-state index contributed by atoms with van der Waals surface area (Å²) in [5.74, 6) is 2.03. The largest absolute Gasteiger partial charge is 0.493 e. The molecular formula is C24H28N4O3S. The third-order valence-corrected chi connectivity index (χ3v) is 5.97. The van der Waals surface area contributed by atoms with Crippen molar-refractivity contribution in [1.29, 1.82) is 0 Å². The minimum absolute atomic E-state index is 0.100. The van der Waals surface area contributed by atoms with Gasteiger partial charge in [-0.25, -0.2) is 0 Å². The fraction of sp³-hybridized carbons (Fsp3) is 0.292. The first-order chi connectivity index (χ1) is 15.4. The maximum atomic E-state index is 12.5. The van der Waals surface area contributed by atoms with Crippen LogP contribution >= 0.6 is 11.8 Å². The molecule has 0 aliphatic heterocycles. The van der Waals surface area contributed by atoms with Gasteiger partial charge in [0.15, 0.2) is 28.6 Å². The minimum Gasteiger partial charge on any atom is -0.493 e. The molecular weight excluding hydrogens is 424 g/mol. The van der Waals surface area contributed by atoms with Crippen molar-refractivity contribution < 1.29 is 14.3 Å². The number of thioether (sulfide) groups is 1. The molecule has 0 spiro atoms. The lowest BCUT2D eigenvalue weighted by Crippen LogP contribution is -2.16. The van der Waals surface area contributed by atoms with Crippen LogP contribution in [-0.2, 0) is 11.3 Å².